The molecule has 0 saturated heterocycles. The van der Waals surface area contributed by atoms with Crippen molar-refractivity contribution in [3.05, 3.63) is 47.5 Å². The average Bonchev–Trinajstić information content (AvgIpc) is 3.31. The van der Waals surface area contributed by atoms with Crippen LogP contribution >= 0.6 is 0 Å². The lowest BCUT2D eigenvalue weighted by molar-refractivity contribution is -0.113. The molecule has 0 spiro atoms. The lowest BCUT2D eigenvalue weighted by atomic mass is 10.0. The van der Waals surface area contributed by atoms with Gasteiger partial charge in [0, 0.05) is 12.4 Å². The number of nitrogens with zero attached hydrogens (tertiary/aromatic N) is 3. The molecule has 1 atom stereocenters. The van der Waals surface area contributed by atoms with Crippen LogP contribution in [0.1, 0.15) is 36.8 Å². The molecule has 1 fully saturated rings. The van der Waals surface area contributed by atoms with E-state index in [1.54, 1.807) is 29.8 Å². The van der Waals surface area contributed by atoms with E-state index in [9.17, 15) is 13.7 Å². The summed E-state index contributed by atoms with van der Waals surface area (Å²) in [6.45, 7) is 3.59. The van der Waals surface area contributed by atoms with Crippen molar-refractivity contribution in [2.45, 2.75) is 44.8 Å². The van der Waals surface area contributed by atoms with Gasteiger partial charge in [0.05, 0.1) is 5.56 Å². The zero-order valence-electron chi connectivity index (χ0n) is 16.4. The quantitative estimate of drug-likeness (QED) is 0.644. The van der Waals surface area contributed by atoms with Gasteiger partial charge in [0.2, 0.25) is 0 Å². The van der Waals surface area contributed by atoms with Crippen LogP contribution in [-0.4, -0.2) is 36.1 Å². The molecule has 1 unspecified atom stereocenters. The number of benzene rings is 1. The number of carbonyl (C=O) groups is 1. The van der Waals surface area contributed by atoms with E-state index >= 15 is 0 Å². The predicted molar refractivity (Wildman–Crippen MR) is 112 cm³/mol. The monoisotopic (exact) mass is 414 g/mol. The number of nitrogens with one attached hydrogen (secondary N) is 1. The van der Waals surface area contributed by atoms with Crippen LogP contribution in [0, 0.1) is 19.7 Å². The largest absolute Gasteiger partial charge is 0.616 e. The molecule has 2 aromatic heterocycles. The Bertz CT molecular complexity index is 1060. The summed E-state index contributed by atoms with van der Waals surface area (Å²) in [4.78, 5) is 17.1. The van der Waals surface area contributed by atoms with Gasteiger partial charge in [-0.3, -0.25) is 4.79 Å². The van der Waals surface area contributed by atoms with Crippen LogP contribution in [-0.2, 0) is 16.0 Å². The summed E-state index contributed by atoms with van der Waals surface area (Å²) in [5.41, 5.74) is 3.31. The number of hydrogen-bond acceptors (Lipinski definition) is 4. The second-order valence-corrected chi connectivity index (χ2v) is 9.28. The van der Waals surface area contributed by atoms with Gasteiger partial charge in [-0.25, -0.2) is 13.9 Å². The van der Waals surface area contributed by atoms with Crippen molar-refractivity contribution in [1.82, 2.24) is 14.6 Å². The Morgan fingerprint density at radius 2 is 2.10 bits per heavy atom. The summed E-state index contributed by atoms with van der Waals surface area (Å²) in [6, 6.07) is 4.75. The van der Waals surface area contributed by atoms with E-state index < -0.39 is 11.2 Å². The van der Waals surface area contributed by atoms with Gasteiger partial charge in [0.1, 0.15) is 11.1 Å². The third-order valence-electron chi connectivity index (χ3n) is 5.25. The molecule has 3 aromatic rings. The van der Waals surface area contributed by atoms with Gasteiger partial charge in [0.25, 0.3) is 5.91 Å². The lowest BCUT2D eigenvalue weighted by Crippen LogP contribution is -2.29. The number of amides is 1. The number of aryl methyl sites for hydroxylation is 2. The summed E-state index contributed by atoms with van der Waals surface area (Å²) in [5.74, 6) is -0.350. The molecule has 29 heavy (non-hydrogen) atoms. The first-order valence-corrected chi connectivity index (χ1v) is 11.1. The Kier molecular flexibility index (Phi) is 5.56. The zero-order chi connectivity index (χ0) is 20.5. The normalized spacial score (nSPS) is 15.7. The summed E-state index contributed by atoms with van der Waals surface area (Å²) < 4.78 is 27.8. The maximum atomic E-state index is 13.8. The van der Waals surface area contributed by atoms with E-state index in [1.165, 1.54) is 6.07 Å². The molecule has 1 amide bonds. The molecule has 1 aromatic carbocycles. The van der Waals surface area contributed by atoms with Crippen LogP contribution in [0.5, 0.6) is 0 Å². The highest BCUT2D eigenvalue weighted by molar-refractivity contribution is 7.92. The highest BCUT2D eigenvalue weighted by atomic mass is 32.2. The van der Waals surface area contributed by atoms with Crippen LogP contribution in [0.2, 0.25) is 0 Å². The van der Waals surface area contributed by atoms with Gasteiger partial charge >= 0.3 is 0 Å². The fourth-order valence-corrected chi connectivity index (χ4v) is 5.17. The molecule has 0 radical (unpaired) electrons. The van der Waals surface area contributed by atoms with Crippen LogP contribution < -0.4 is 5.32 Å². The number of rotatable bonds is 5. The van der Waals surface area contributed by atoms with Gasteiger partial charge in [-0.1, -0.05) is 6.07 Å². The van der Waals surface area contributed by atoms with Gasteiger partial charge in [0.15, 0.2) is 17.2 Å². The molecule has 152 valence electrons. The first-order valence-electron chi connectivity index (χ1n) is 9.71. The molecular weight excluding hydrogens is 391 g/mol. The topological polar surface area (TPSA) is 82.3 Å². The van der Waals surface area contributed by atoms with Gasteiger partial charge < -0.3 is 9.87 Å². The summed E-state index contributed by atoms with van der Waals surface area (Å²) in [7, 11) is 0. The van der Waals surface area contributed by atoms with Crippen molar-refractivity contribution in [3.8, 4) is 11.1 Å². The fourth-order valence-electron chi connectivity index (χ4n) is 3.75. The van der Waals surface area contributed by atoms with Gasteiger partial charge in [-0.15, -0.1) is 5.10 Å². The molecule has 1 saturated carbocycles. The first kappa shape index (κ1) is 19.8. The molecule has 0 aliphatic heterocycles. The maximum Gasteiger partial charge on any atom is 0.275 e. The Morgan fingerprint density at radius 1 is 1.34 bits per heavy atom. The highest BCUT2D eigenvalue weighted by Gasteiger charge is 2.29. The molecule has 1 N–H and O–H groups in total. The van der Waals surface area contributed by atoms with E-state index in [0.29, 0.717) is 28.2 Å². The molecular formula is C21H23FN4O2S. The third-order valence-corrected chi connectivity index (χ3v) is 7.01. The number of fused-ring (bicyclic) bond motifs is 1. The second kappa shape index (κ2) is 8.12. The van der Waals surface area contributed by atoms with Crippen molar-refractivity contribution in [1.29, 1.82) is 0 Å². The molecule has 4 rings (SSSR count). The zero-order valence-corrected chi connectivity index (χ0v) is 17.3. The minimum Gasteiger partial charge on any atom is -0.616 e. The molecule has 8 heteroatoms. The van der Waals surface area contributed by atoms with Gasteiger partial charge in [-0.2, -0.15) is 0 Å². The number of halogens is 1. The SMILES string of the molecule is Cc1cnc2c(-c3ccc(F)c(C)c3)c(NC(=O)C[S+]([O-])C3CCCC3)nn2c1. The molecule has 1 aliphatic carbocycles. The van der Waals surface area contributed by atoms with E-state index in [4.69, 9.17) is 0 Å². The molecule has 1 aliphatic rings. The summed E-state index contributed by atoms with van der Waals surface area (Å²) in [5, 5.41) is 7.39. The Labute approximate surface area is 171 Å². The van der Waals surface area contributed by atoms with Crippen molar-refractivity contribution >= 4 is 28.5 Å². The summed E-state index contributed by atoms with van der Waals surface area (Å²) in [6.07, 6.45) is 7.51. The van der Waals surface area contributed by atoms with Crippen molar-refractivity contribution in [2.24, 2.45) is 0 Å². The van der Waals surface area contributed by atoms with Crippen LogP contribution in [0.15, 0.2) is 30.6 Å². The maximum absolute atomic E-state index is 13.8. The lowest BCUT2D eigenvalue weighted by Gasteiger charge is -2.16. The molecule has 2 heterocycles. The van der Waals surface area contributed by atoms with Crippen LogP contribution in [0.25, 0.3) is 16.8 Å². The number of anilines is 1. The Balaban J connectivity index is 1.67. The van der Waals surface area contributed by atoms with Crippen molar-refractivity contribution in [2.75, 3.05) is 11.1 Å². The Morgan fingerprint density at radius 3 is 2.83 bits per heavy atom. The third kappa shape index (κ3) is 4.13. The predicted octanol–water partition coefficient (Wildman–Crippen LogP) is 3.78. The number of hydrogen-bond donors (Lipinski definition) is 1. The number of carbonyl (C=O) groups excluding carboxylic acids is 1. The second-order valence-electron chi connectivity index (χ2n) is 7.57. The average molecular weight is 415 g/mol. The number of aromatic nitrogens is 3. The van der Waals surface area contributed by atoms with Crippen molar-refractivity contribution in [3.63, 3.8) is 0 Å². The van der Waals surface area contributed by atoms with Crippen LogP contribution in [0.3, 0.4) is 0 Å². The fraction of sp³-hybridized carbons (Fsp3) is 0.381. The van der Waals surface area contributed by atoms with E-state index in [2.05, 4.69) is 15.4 Å². The van der Waals surface area contributed by atoms with Crippen LogP contribution in [0.4, 0.5) is 10.2 Å². The molecule has 0 bridgehead atoms. The summed E-state index contributed by atoms with van der Waals surface area (Å²) >= 11 is -1.19. The van der Waals surface area contributed by atoms with E-state index in [-0.39, 0.29) is 22.7 Å². The van der Waals surface area contributed by atoms with Crippen molar-refractivity contribution < 1.29 is 13.7 Å². The first-order chi connectivity index (χ1) is 13.9. The minimum absolute atomic E-state index is 0.0487. The Hall–Kier alpha value is -2.45. The molecule has 6 nitrogen and oxygen atoms in total. The minimum atomic E-state index is -1.19. The van der Waals surface area contributed by atoms with E-state index in [0.717, 1.165) is 31.2 Å². The van der Waals surface area contributed by atoms with E-state index in [1.807, 2.05) is 13.1 Å². The highest BCUT2D eigenvalue weighted by Crippen LogP contribution is 2.32. The standard InChI is InChI=1S/C21H23FN4O2S/c1-13-10-23-21-19(15-7-8-17(22)14(2)9-15)20(25-26(21)11-13)24-18(27)12-29(28)16-5-3-4-6-16/h7-11,16H,3-6,12H2,1-2H3,(H,24,25,27). The smallest absolute Gasteiger partial charge is 0.275 e. The van der Waals surface area contributed by atoms with Gasteiger partial charge in [-0.05, 0) is 79.5 Å².